The van der Waals surface area contributed by atoms with Gasteiger partial charge < -0.3 is 10.6 Å². The molecule has 0 saturated heterocycles. The fourth-order valence-corrected chi connectivity index (χ4v) is 2.61. The molecule has 0 unspecified atom stereocenters. The molecule has 3 rings (SSSR count). The summed E-state index contributed by atoms with van der Waals surface area (Å²) in [7, 11) is 0. The van der Waals surface area contributed by atoms with Crippen molar-refractivity contribution in [1.82, 2.24) is 15.0 Å². The van der Waals surface area contributed by atoms with Gasteiger partial charge in [-0.2, -0.15) is 0 Å². The molecule has 0 amide bonds. The van der Waals surface area contributed by atoms with Crippen molar-refractivity contribution in [1.29, 1.82) is 0 Å². The minimum Gasteiger partial charge on any atom is -0.369 e. The van der Waals surface area contributed by atoms with Gasteiger partial charge in [0, 0.05) is 31.5 Å². The van der Waals surface area contributed by atoms with Crippen LogP contribution in [0.15, 0.2) is 30.5 Å². The number of hydrogen-bond acceptors (Lipinski definition) is 4. The van der Waals surface area contributed by atoms with Gasteiger partial charge in [-0.3, -0.25) is 4.68 Å². The number of aromatic nitrogens is 3. The predicted molar refractivity (Wildman–Crippen MR) is 74.9 cm³/mol. The van der Waals surface area contributed by atoms with Crippen LogP contribution in [0, 0.1) is 0 Å². The molecule has 2 N–H and O–H groups in total. The van der Waals surface area contributed by atoms with Gasteiger partial charge in [-0.15, -0.1) is 5.10 Å². The van der Waals surface area contributed by atoms with Crippen LogP contribution >= 0.6 is 0 Å². The number of anilines is 1. The van der Waals surface area contributed by atoms with E-state index in [4.69, 9.17) is 5.73 Å². The summed E-state index contributed by atoms with van der Waals surface area (Å²) < 4.78 is 1.87. The number of hydrogen-bond donors (Lipinski definition) is 1. The zero-order chi connectivity index (χ0) is 13.1. The molecule has 0 aliphatic carbocycles. The molecule has 0 saturated carbocycles. The molecular weight excluding hydrogens is 238 g/mol. The van der Waals surface area contributed by atoms with Crippen molar-refractivity contribution in [2.75, 3.05) is 18.0 Å². The molecule has 100 valence electrons. The number of rotatable bonds is 4. The van der Waals surface area contributed by atoms with Gasteiger partial charge in [-0.05, 0) is 24.5 Å². The van der Waals surface area contributed by atoms with E-state index in [0.717, 1.165) is 25.3 Å². The van der Waals surface area contributed by atoms with E-state index in [1.165, 1.54) is 24.1 Å². The number of benzene rings is 1. The molecule has 1 aliphatic heterocycles. The summed E-state index contributed by atoms with van der Waals surface area (Å²) >= 11 is 0. The van der Waals surface area contributed by atoms with Gasteiger partial charge in [0.05, 0.1) is 12.2 Å². The normalized spacial score (nSPS) is 14.5. The smallest absolute Gasteiger partial charge is 0.0962 e. The largest absolute Gasteiger partial charge is 0.369 e. The van der Waals surface area contributed by atoms with Gasteiger partial charge in [0.1, 0.15) is 0 Å². The summed E-state index contributed by atoms with van der Waals surface area (Å²) in [6.45, 7) is 3.38. The van der Waals surface area contributed by atoms with Crippen molar-refractivity contribution in [3.05, 3.63) is 41.7 Å². The van der Waals surface area contributed by atoms with Crippen molar-refractivity contribution in [2.45, 2.75) is 25.9 Å². The Kier molecular flexibility index (Phi) is 3.46. The average Bonchev–Trinajstić information content (AvgIpc) is 2.93. The summed E-state index contributed by atoms with van der Waals surface area (Å²) in [5, 5.41) is 8.10. The van der Waals surface area contributed by atoms with Crippen LogP contribution in [0.5, 0.6) is 0 Å². The third-order valence-corrected chi connectivity index (χ3v) is 3.60. The van der Waals surface area contributed by atoms with Crippen LogP contribution in [0.4, 0.5) is 5.69 Å². The number of aryl methyl sites for hydroxylation is 1. The molecule has 0 spiro atoms. The highest BCUT2D eigenvalue weighted by Gasteiger charge is 2.15. The van der Waals surface area contributed by atoms with Gasteiger partial charge in [0.25, 0.3) is 0 Å². The minimum atomic E-state index is 0.451. The van der Waals surface area contributed by atoms with Gasteiger partial charge in [-0.25, -0.2) is 0 Å². The first-order valence-electron chi connectivity index (χ1n) is 6.79. The topological polar surface area (TPSA) is 60.0 Å². The van der Waals surface area contributed by atoms with E-state index in [2.05, 4.69) is 39.5 Å². The van der Waals surface area contributed by atoms with Crippen LogP contribution in [0.25, 0.3) is 0 Å². The zero-order valence-electron chi connectivity index (χ0n) is 11.0. The molecule has 5 nitrogen and oxygen atoms in total. The standard InChI is InChI=1S/C14H19N5/c15-10-13-11-19(17-16-13)9-8-18-7-3-5-12-4-1-2-6-14(12)18/h1-2,4,6,11H,3,5,7-10,15H2. The highest BCUT2D eigenvalue weighted by molar-refractivity contribution is 5.55. The van der Waals surface area contributed by atoms with Gasteiger partial charge in [0.2, 0.25) is 0 Å². The second-order valence-corrected chi connectivity index (χ2v) is 4.90. The number of nitrogens with zero attached hydrogens (tertiary/aromatic N) is 4. The summed E-state index contributed by atoms with van der Waals surface area (Å²) in [5.74, 6) is 0. The first-order chi connectivity index (χ1) is 9.36. The van der Waals surface area contributed by atoms with E-state index >= 15 is 0 Å². The molecule has 0 atom stereocenters. The molecule has 0 fully saturated rings. The lowest BCUT2D eigenvalue weighted by atomic mass is 10.0. The van der Waals surface area contributed by atoms with E-state index in [0.29, 0.717) is 6.54 Å². The lowest BCUT2D eigenvalue weighted by molar-refractivity contribution is 0.562. The Morgan fingerprint density at radius 2 is 2.11 bits per heavy atom. The van der Waals surface area contributed by atoms with Crippen LogP contribution in [-0.4, -0.2) is 28.1 Å². The van der Waals surface area contributed by atoms with Gasteiger partial charge >= 0.3 is 0 Å². The zero-order valence-corrected chi connectivity index (χ0v) is 11.0. The van der Waals surface area contributed by atoms with Crippen molar-refractivity contribution in [3.8, 4) is 0 Å². The van der Waals surface area contributed by atoms with E-state index in [9.17, 15) is 0 Å². The quantitative estimate of drug-likeness (QED) is 0.894. The van der Waals surface area contributed by atoms with E-state index in [-0.39, 0.29) is 0 Å². The molecule has 1 aromatic heterocycles. The SMILES string of the molecule is NCc1cn(CCN2CCCc3ccccc32)nn1. The van der Waals surface area contributed by atoms with Crippen molar-refractivity contribution in [2.24, 2.45) is 5.73 Å². The molecule has 5 heteroatoms. The van der Waals surface area contributed by atoms with Crippen LogP contribution in [0.3, 0.4) is 0 Å². The Bertz CT molecular complexity index is 548. The van der Waals surface area contributed by atoms with E-state index in [1.807, 2.05) is 10.9 Å². The second kappa shape index (κ2) is 5.40. The fourth-order valence-electron chi connectivity index (χ4n) is 2.61. The average molecular weight is 257 g/mol. The number of nitrogens with two attached hydrogens (primary N) is 1. The monoisotopic (exact) mass is 257 g/mol. The van der Waals surface area contributed by atoms with Crippen LogP contribution in [-0.2, 0) is 19.5 Å². The molecule has 1 aromatic carbocycles. The fraction of sp³-hybridized carbons (Fsp3) is 0.429. The predicted octanol–water partition coefficient (Wildman–Crippen LogP) is 1.19. The Labute approximate surface area is 113 Å². The molecule has 1 aliphatic rings. The summed E-state index contributed by atoms with van der Waals surface area (Å²) in [6, 6.07) is 8.66. The van der Waals surface area contributed by atoms with Crippen LogP contribution in [0.2, 0.25) is 0 Å². The number of fused-ring (bicyclic) bond motifs is 1. The lowest BCUT2D eigenvalue weighted by Crippen LogP contribution is -2.32. The number of para-hydroxylation sites is 1. The molecular formula is C14H19N5. The third kappa shape index (κ3) is 2.61. The summed E-state index contributed by atoms with van der Waals surface area (Å²) in [5.41, 5.74) is 9.21. The van der Waals surface area contributed by atoms with E-state index in [1.54, 1.807) is 0 Å². The second-order valence-electron chi connectivity index (χ2n) is 4.90. The Morgan fingerprint density at radius 3 is 2.95 bits per heavy atom. The minimum absolute atomic E-state index is 0.451. The third-order valence-electron chi connectivity index (χ3n) is 3.60. The summed E-state index contributed by atoms with van der Waals surface area (Å²) in [4.78, 5) is 2.43. The molecule has 19 heavy (non-hydrogen) atoms. The van der Waals surface area contributed by atoms with Crippen molar-refractivity contribution in [3.63, 3.8) is 0 Å². The molecule has 2 heterocycles. The maximum Gasteiger partial charge on any atom is 0.0962 e. The first-order valence-corrected chi connectivity index (χ1v) is 6.79. The van der Waals surface area contributed by atoms with Crippen molar-refractivity contribution < 1.29 is 0 Å². The highest BCUT2D eigenvalue weighted by Crippen LogP contribution is 2.26. The van der Waals surface area contributed by atoms with Gasteiger partial charge in [-0.1, -0.05) is 23.4 Å². The first kappa shape index (κ1) is 12.2. The van der Waals surface area contributed by atoms with Crippen molar-refractivity contribution >= 4 is 5.69 Å². The maximum atomic E-state index is 5.54. The maximum absolute atomic E-state index is 5.54. The Balaban J connectivity index is 1.68. The van der Waals surface area contributed by atoms with Gasteiger partial charge in [0.15, 0.2) is 0 Å². The molecule has 0 radical (unpaired) electrons. The Morgan fingerprint density at radius 1 is 1.21 bits per heavy atom. The lowest BCUT2D eigenvalue weighted by Gasteiger charge is -2.31. The van der Waals surface area contributed by atoms with Crippen LogP contribution in [0.1, 0.15) is 17.7 Å². The van der Waals surface area contributed by atoms with Crippen LogP contribution < -0.4 is 10.6 Å². The summed E-state index contributed by atoms with van der Waals surface area (Å²) in [6.07, 6.45) is 4.34. The van der Waals surface area contributed by atoms with E-state index < -0.39 is 0 Å². The molecule has 0 bridgehead atoms. The molecule has 2 aromatic rings. The highest BCUT2D eigenvalue weighted by atomic mass is 15.4. The Hall–Kier alpha value is -1.88.